The van der Waals surface area contributed by atoms with Gasteiger partial charge < -0.3 is 5.32 Å². The molecule has 3 rings (SSSR count). The Bertz CT molecular complexity index is 593. The number of nitrogens with zero attached hydrogens (tertiary/aromatic N) is 1. The molecule has 22 heavy (non-hydrogen) atoms. The lowest BCUT2D eigenvalue weighted by Crippen LogP contribution is -2.37. The van der Waals surface area contributed by atoms with Gasteiger partial charge in [0.2, 0.25) is 5.91 Å². The summed E-state index contributed by atoms with van der Waals surface area (Å²) in [5.74, 6) is 0.103. The van der Waals surface area contributed by atoms with Crippen molar-refractivity contribution >= 4 is 5.91 Å². The average Bonchev–Trinajstić information content (AvgIpc) is 3.39. The van der Waals surface area contributed by atoms with Crippen molar-refractivity contribution in [2.45, 2.75) is 32.0 Å². The lowest BCUT2D eigenvalue weighted by atomic mass is 10.2. The van der Waals surface area contributed by atoms with Crippen molar-refractivity contribution in [2.75, 3.05) is 6.54 Å². The summed E-state index contributed by atoms with van der Waals surface area (Å²) in [5.41, 5.74) is 2.40. The maximum Gasteiger partial charge on any atom is 0.234 e. The second-order valence-corrected chi connectivity index (χ2v) is 5.88. The quantitative estimate of drug-likeness (QED) is 0.851. The second-order valence-electron chi connectivity index (χ2n) is 5.88. The van der Waals surface area contributed by atoms with E-state index in [0.717, 1.165) is 12.1 Å². The van der Waals surface area contributed by atoms with Gasteiger partial charge in [0.1, 0.15) is 0 Å². The van der Waals surface area contributed by atoms with E-state index in [4.69, 9.17) is 0 Å². The molecular formula is C19H22N2O. The fourth-order valence-corrected chi connectivity index (χ4v) is 2.61. The normalized spacial score (nSPS) is 14.0. The van der Waals surface area contributed by atoms with Crippen LogP contribution in [0.5, 0.6) is 0 Å². The van der Waals surface area contributed by atoms with Crippen LogP contribution in [-0.2, 0) is 17.9 Å². The topological polar surface area (TPSA) is 32.3 Å². The summed E-state index contributed by atoms with van der Waals surface area (Å²) in [4.78, 5) is 14.5. The molecule has 3 nitrogen and oxygen atoms in total. The number of rotatable bonds is 7. The van der Waals surface area contributed by atoms with E-state index in [0.29, 0.717) is 19.1 Å². The molecule has 0 saturated heterocycles. The zero-order valence-electron chi connectivity index (χ0n) is 12.7. The fraction of sp³-hybridized carbons (Fsp3) is 0.316. The zero-order chi connectivity index (χ0) is 15.2. The number of carbonyl (C=O) groups excluding carboxylic acids is 1. The van der Waals surface area contributed by atoms with Crippen molar-refractivity contribution in [1.82, 2.24) is 10.2 Å². The van der Waals surface area contributed by atoms with Gasteiger partial charge in [-0.2, -0.15) is 0 Å². The predicted octanol–water partition coefficient (Wildman–Crippen LogP) is 2.97. The summed E-state index contributed by atoms with van der Waals surface area (Å²) < 4.78 is 0. The number of hydrogen-bond donors (Lipinski definition) is 1. The lowest BCUT2D eigenvalue weighted by Gasteiger charge is -2.21. The van der Waals surface area contributed by atoms with Crippen molar-refractivity contribution < 1.29 is 4.79 Å². The monoisotopic (exact) mass is 294 g/mol. The van der Waals surface area contributed by atoms with Crippen LogP contribution < -0.4 is 5.32 Å². The van der Waals surface area contributed by atoms with E-state index in [2.05, 4.69) is 34.5 Å². The number of amides is 1. The first-order chi connectivity index (χ1) is 10.8. The molecule has 1 saturated carbocycles. The molecule has 0 radical (unpaired) electrons. The zero-order valence-corrected chi connectivity index (χ0v) is 12.7. The number of carbonyl (C=O) groups is 1. The molecule has 0 bridgehead atoms. The van der Waals surface area contributed by atoms with Gasteiger partial charge in [-0.25, -0.2) is 0 Å². The second kappa shape index (κ2) is 7.23. The molecule has 0 aromatic heterocycles. The summed E-state index contributed by atoms with van der Waals surface area (Å²) in [6, 6.07) is 21.0. The maximum absolute atomic E-state index is 12.2. The van der Waals surface area contributed by atoms with E-state index in [1.165, 1.54) is 18.4 Å². The van der Waals surface area contributed by atoms with E-state index < -0.39 is 0 Å². The highest BCUT2D eigenvalue weighted by atomic mass is 16.2. The first kappa shape index (κ1) is 14.8. The molecule has 0 aliphatic heterocycles. The third kappa shape index (κ3) is 4.43. The highest BCUT2D eigenvalue weighted by molar-refractivity contribution is 5.78. The first-order valence-corrected chi connectivity index (χ1v) is 7.90. The lowest BCUT2D eigenvalue weighted by molar-refractivity contribution is -0.122. The molecule has 3 heteroatoms. The first-order valence-electron chi connectivity index (χ1n) is 7.90. The van der Waals surface area contributed by atoms with E-state index in [1.54, 1.807) is 0 Å². The Morgan fingerprint density at radius 2 is 1.55 bits per heavy atom. The SMILES string of the molecule is O=C(CN(Cc1ccccc1)C1CC1)NCc1ccccc1. The minimum Gasteiger partial charge on any atom is -0.351 e. The van der Waals surface area contributed by atoms with Gasteiger partial charge in [0, 0.05) is 19.1 Å². The molecule has 0 heterocycles. The van der Waals surface area contributed by atoms with Crippen molar-refractivity contribution in [1.29, 1.82) is 0 Å². The van der Waals surface area contributed by atoms with Gasteiger partial charge >= 0.3 is 0 Å². The van der Waals surface area contributed by atoms with Crippen molar-refractivity contribution in [2.24, 2.45) is 0 Å². The van der Waals surface area contributed by atoms with Crippen LogP contribution in [0.2, 0.25) is 0 Å². The molecule has 0 unspecified atom stereocenters. The predicted molar refractivity (Wildman–Crippen MR) is 88.2 cm³/mol. The van der Waals surface area contributed by atoms with Crippen molar-refractivity contribution in [3.8, 4) is 0 Å². The summed E-state index contributed by atoms with van der Waals surface area (Å²) in [6.07, 6.45) is 2.41. The van der Waals surface area contributed by atoms with Crippen LogP contribution in [0.25, 0.3) is 0 Å². The van der Waals surface area contributed by atoms with Crippen LogP contribution >= 0.6 is 0 Å². The minimum absolute atomic E-state index is 0.103. The number of nitrogens with one attached hydrogen (secondary N) is 1. The summed E-state index contributed by atoms with van der Waals surface area (Å²) in [5, 5.41) is 3.02. The average molecular weight is 294 g/mol. The van der Waals surface area contributed by atoms with Gasteiger partial charge in [-0.3, -0.25) is 9.69 Å². The number of hydrogen-bond acceptors (Lipinski definition) is 2. The van der Waals surface area contributed by atoms with E-state index in [9.17, 15) is 4.79 Å². The Hall–Kier alpha value is -2.13. The van der Waals surface area contributed by atoms with Crippen LogP contribution in [0.4, 0.5) is 0 Å². The Morgan fingerprint density at radius 3 is 2.14 bits per heavy atom. The van der Waals surface area contributed by atoms with Gasteiger partial charge in [-0.05, 0) is 24.0 Å². The molecule has 2 aromatic rings. The van der Waals surface area contributed by atoms with Crippen molar-refractivity contribution in [3.05, 3.63) is 71.8 Å². The molecule has 114 valence electrons. The van der Waals surface area contributed by atoms with Crippen LogP contribution in [0.3, 0.4) is 0 Å². The van der Waals surface area contributed by atoms with Crippen LogP contribution in [0.1, 0.15) is 24.0 Å². The number of benzene rings is 2. The summed E-state index contributed by atoms with van der Waals surface area (Å²) >= 11 is 0. The standard InChI is InChI=1S/C19H22N2O/c22-19(20-13-16-7-3-1-4-8-16)15-21(18-11-12-18)14-17-9-5-2-6-10-17/h1-10,18H,11-15H2,(H,20,22). The molecule has 1 aliphatic rings. The molecule has 0 spiro atoms. The third-order valence-corrected chi connectivity index (χ3v) is 3.97. The third-order valence-electron chi connectivity index (χ3n) is 3.97. The Morgan fingerprint density at radius 1 is 0.955 bits per heavy atom. The van der Waals surface area contributed by atoms with Crippen LogP contribution in [0.15, 0.2) is 60.7 Å². The minimum atomic E-state index is 0.103. The molecule has 0 atom stereocenters. The van der Waals surface area contributed by atoms with Crippen LogP contribution in [0, 0.1) is 0 Å². The van der Waals surface area contributed by atoms with Crippen LogP contribution in [-0.4, -0.2) is 23.4 Å². The molecule has 2 aromatic carbocycles. The van der Waals surface area contributed by atoms with Gasteiger partial charge in [0.15, 0.2) is 0 Å². The Kier molecular flexibility index (Phi) is 4.86. The highest BCUT2D eigenvalue weighted by Crippen LogP contribution is 2.27. The molecular weight excluding hydrogens is 272 g/mol. The van der Waals surface area contributed by atoms with E-state index in [-0.39, 0.29) is 5.91 Å². The van der Waals surface area contributed by atoms with Gasteiger partial charge in [-0.15, -0.1) is 0 Å². The molecule has 1 N–H and O–H groups in total. The summed E-state index contributed by atoms with van der Waals surface area (Å²) in [7, 11) is 0. The fourth-order valence-electron chi connectivity index (χ4n) is 2.61. The Balaban J connectivity index is 1.51. The van der Waals surface area contributed by atoms with Gasteiger partial charge in [-0.1, -0.05) is 60.7 Å². The van der Waals surface area contributed by atoms with Gasteiger partial charge in [0.05, 0.1) is 6.54 Å². The maximum atomic E-state index is 12.2. The largest absolute Gasteiger partial charge is 0.351 e. The molecule has 1 amide bonds. The molecule has 1 fully saturated rings. The van der Waals surface area contributed by atoms with E-state index >= 15 is 0 Å². The molecule has 1 aliphatic carbocycles. The van der Waals surface area contributed by atoms with E-state index in [1.807, 2.05) is 36.4 Å². The Labute approximate surface area is 132 Å². The smallest absolute Gasteiger partial charge is 0.234 e. The van der Waals surface area contributed by atoms with Gasteiger partial charge in [0.25, 0.3) is 0 Å². The summed E-state index contributed by atoms with van der Waals surface area (Å²) in [6.45, 7) is 1.93. The highest BCUT2D eigenvalue weighted by Gasteiger charge is 2.30. The van der Waals surface area contributed by atoms with Crippen molar-refractivity contribution in [3.63, 3.8) is 0 Å².